The van der Waals surface area contributed by atoms with Gasteiger partial charge in [-0.05, 0) is 42.4 Å². The summed E-state index contributed by atoms with van der Waals surface area (Å²) in [5.41, 5.74) is 2.16. The van der Waals surface area contributed by atoms with Crippen LogP contribution in [-0.4, -0.2) is 19.7 Å². The van der Waals surface area contributed by atoms with Gasteiger partial charge in [-0.15, -0.1) is 0 Å². The fourth-order valence-corrected chi connectivity index (χ4v) is 3.21. The molecule has 3 nitrogen and oxygen atoms in total. The molecule has 0 bridgehead atoms. The summed E-state index contributed by atoms with van der Waals surface area (Å²) in [4.78, 5) is 11.4. The first-order valence-corrected chi connectivity index (χ1v) is 7.96. The monoisotopic (exact) mass is 302 g/mol. The first-order valence-electron chi connectivity index (χ1n) is 7.96. The van der Waals surface area contributed by atoms with Crippen LogP contribution >= 0.6 is 0 Å². The molecule has 1 unspecified atom stereocenters. The van der Waals surface area contributed by atoms with Crippen LogP contribution in [0.25, 0.3) is 0 Å². The van der Waals surface area contributed by atoms with Crippen LogP contribution in [-0.2, 0) is 26.1 Å². The van der Waals surface area contributed by atoms with Crippen molar-refractivity contribution >= 4 is 5.97 Å². The molecule has 0 radical (unpaired) electrons. The molecule has 120 valence electrons. The second-order valence-electron chi connectivity index (χ2n) is 6.43. The normalized spacial score (nSPS) is 20.3. The highest BCUT2D eigenvalue weighted by atomic mass is 16.5. The van der Waals surface area contributed by atoms with Crippen molar-refractivity contribution in [2.75, 3.05) is 13.7 Å². The van der Waals surface area contributed by atoms with E-state index >= 15 is 0 Å². The van der Waals surface area contributed by atoms with Crippen LogP contribution in [0.1, 0.15) is 44.7 Å². The molecule has 0 heterocycles. The number of esters is 1. The van der Waals surface area contributed by atoms with Gasteiger partial charge in [0.1, 0.15) is 12.4 Å². The van der Waals surface area contributed by atoms with E-state index in [2.05, 4.69) is 44.2 Å². The van der Waals surface area contributed by atoms with Gasteiger partial charge in [0.05, 0.1) is 12.5 Å². The van der Waals surface area contributed by atoms with Gasteiger partial charge in [-0.25, -0.2) is 0 Å². The van der Waals surface area contributed by atoms with Crippen molar-refractivity contribution in [3.05, 3.63) is 47.2 Å². The number of allylic oxidation sites excluding steroid dienone is 1. The Hall–Kier alpha value is -1.77. The van der Waals surface area contributed by atoms with Crippen molar-refractivity contribution in [1.29, 1.82) is 0 Å². The standard InChI is InChI=1S/C19H26O3/c1-14(2)11-12-19(13-22-15(3)20)17-8-6-5-7-16(17)9-10-18(19)21-4/h5-8,10,14H,9,11-13H2,1-4H3. The molecule has 1 atom stereocenters. The highest BCUT2D eigenvalue weighted by molar-refractivity contribution is 5.66. The molecular weight excluding hydrogens is 276 g/mol. The van der Waals surface area contributed by atoms with Gasteiger partial charge in [0.15, 0.2) is 0 Å². The number of hydrogen-bond donors (Lipinski definition) is 0. The Morgan fingerprint density at radius 3 is 2.68 bits per heavy atom. The second kappa shape index (κ2) is 6.99. The van der Waals surface area contributed by atoms with Gasteiger partial charge < -0.3 is 9.47 Å². The van der Waals surface area contributed by atoms with Crippen molar-refractivity contribution in [2.24, 2.45) is 5.92 Å². The highest BCUT2D eigenvalue weighted by Gasteiger charge is 2.42. The van der Waals surface area contributed by atoms with Crippen molar-refractivity contribution < 1.29 is 14.3 Å². The summed E-state index contributed by atoms with van der Waals surface area (Å²) < 4.78 is 11.1. The minimum atomic E-state index is -0.362. The van der Waals surface area contributed by atoms with E-state index in [4.69, 9.17) is 9.47 Å². The van der Waals surface area contributed by atoms with Crippen LogP contribution in [0.2, 0.25) is 0 Å². The third kappa shape index (κ3) is 3.34. The number of ether oxygens (including phenoxy) is 2. The van der Waals surface area contributed by atoms with E-state index in [9.17, 15) is 4.79 Å². The Kier molecular flexibility index (Phi) is 5.28. The summed E-state index contributed by atoms with van der Waals surface area (Å²) in [6.45, 7) is 6.22. The Balaban J connectivity index is 2.46. The lowest BCUT2D eigenvalue weighted by Gasteiger charge is -2.39. The predicted molar refractivity (Wildman–Crippen MR) is 87.6 cm³/mol. The summed E-state index contributed by atoms with van der Waals surface area (Å²) in [5, 5.41) is 0. The average Bonchev–Trinajstić information content (AvgIpc) is 2.50. The third-order valence-corrected chi connectivity index (χ3v) is 4.40. The van der Waals surface area contributed by atoms with Crippen LogP contribution in [0.5, 0.6) is 0 Å². The number of hydrogen-bond acceptors (Lipinski definition) is 3. The van der Waals surface area contributed by atoms with Gasteiger partial charge in [0, 0.05) is 6.92 Å². The van der Waals surface area contributed by atoms with Crippen LogP contribution < -0.4 is 0 Å². The smallest absolute Gasteiger partial charge is 0.302 e. The van der Waals surface area contributed by atoms with E-state index < -0.39 is 0 Å². The molecule has 1 aromatic rings. The maximum atomic E-state index is 11.4. The van der Waals surface area contributed by atoms with E-state index in [-0.39, 0.29) is 11.4 Å². The predicted octanol–water partition coefficient (Wildman–Crippen LogP) is 4.01. The zero-order valence-electron chi connectivity index (χ0n) is 14.0. The van der Waals surface area contributed by atoms with E-state index in [1.54, 1.807) is 7.11 Å². The number of rotatable bonds is 6. The molecule has 0 aromatic heterocycles. The molecule has 0 saturated carbocycles. The molecule has 0 spiro atoms. The Morgan fingerprint density at radius 2 is 2.05 bits per heavy atom. The summed E-state index contributed by atoms with van der Waals surface area (Å²) in [5.74, 6) is 1.26. The Bertz CT molecular complexity index is 560. The fourth-order valence-electron chi connectivity index (χ4n) is 3.21. The van der Waals surface area contributed by atoms with Crippen molar-refractivity contribution in [1.82, 2.24) is 0 Å². The second-order valence-corrected chi connectivity index (χ2v) is 6.43. The lowest BCUT2D eigenvalue weighted by Crippen LogP contribution is -2.39. The van der Waals surface area contributed by atoms with Crippen LogP contribution in [0.3, 0.4) is 0 Å². The van der Waals surface area contributed by atoms with E-state index in [1.807, 2.05) is 0 Å². The maximum Gasteiger partial charge on any atom is 0.302 e. The summed E-state index contributed by atoms with van der Waals surface area (Å²) in [6.07, 6.45) is 4.96. The first-order chi connectivity index (χ1) is 10.5. The zero-order chi connectivity index (χ0) is 16.2. The van der Waals surface area contributed by atoms with Crippen molar-refractivity contribution in [3.63, 3.8) is 0 Å². The molecule has 0 fully saturated rings. The number of fused-ring (bicyclic) bond motifs is 1. The average molecular weight is 302 g/mol. The molecule has 3 heteroatoms. The Labute approximate surface area is 133 Å². The van der Waals surface area contributed by atoms with E-state index in [1.165, 1.54) is 18.1 Å². The first kappa shape index (κ1) is 16.6. The van der Waals surface area contributed by atoms with Gasteiger partial charge in [-0.1, -0.05) is 38.1 Å². The topological polar surface area (TPSA) is 35.5 Å². The maximum absolute atomic E-state index is 11.4. The number of benzene rings is 1. The fraction of sp³-hybridized carbons (Fsp3) is 0.526. The van der Waals surface area contributed by atoms with Gasteiger partial charge in [0.25, 0.3) is 0 Å². The van der Waals surface area contributed by atoms with Crippen LogP contribution in [0.4, 0.5) is 0 Å². The summed E-state index contributed by atoms with van der Waals surface area (Å²) in [6, 6.07) is 8.40. The minimum absolute atomic E-state index is 0.248. The minimum Gasteiger partial charge on any atom is -0.500 e. The highest BCUT2D eigenvalue weighted by Crippen LogP contribution is 2.43. The van der Waals surface area contributed by atoms with Gasteiger partial charge in [-0.3, -0.25) is 4.79 Å². The SMILES string of the molecule is COC1=CCc2ccccc2C1(CCC(C)C)COC(C)=O. The van der Waals surface area contributed by atoms with Crippen molar-refractivity contribution in [2.45, 2.75) is 45.4 Å². The lowest BCUT2D eigenvalue weighted by atomic mass is 9.69. The Morgan fingerprint density at radius 1 is 1.32 bits per heavy atom. The number of carbonyl (C=O) groups excluding carboxylic acids is 1. The quantitative estimate of drug-likeness (QED) is 0.745. The van der Waals surface area contributed by atoms with Crippen LogP contribution in [0, 0.1) is 5.92 Å². The molecular formula is C19H26O3. The molecule has 0 aliphatic heterocycles. The molecule has 0 amide bonds. The number of methoxy groups -OCH3 is 1. The van der Waals surface area contributed by atoms with Crippen LogP contribution in [0.15, 0.2) is 36.1 Å². The molecule has 0 saturated heterocycles. The zero-order valence-corrected chi connectivity index (χ0v) is 14.0. The molecule has 1 aromatic carbocycles. The van der Waals surface area contributed by atoms with Gasteiger partial charge >= 0.3 is 5.97 Å². The van der Waals surface area contributed by atoms with Gasteiger partial charge in [-0.2, -0.15) is 0 Å². The van der Waals surface area contributed by atoms with Gasteiger partial charge in [0.2, 0.25) is 0 Å². The largest absolute Gasteiger partial charge is 0.500 e. The molecule has 2 rings (SSSR count). The lowest BCUT2D eigenvalue weighted by molar-refractivity contribution is -0.143. The molecule has 1 aliphatic carbocycles. The van der Waals surface area contributed by atoms with E-state index in [0.29, 0.717) is 12.5 Å². The molecule has 22 heavy (non-hydrogen) atoms. The number of carbonyl (C=O) groups is 1. The third-order valence-electron chi connectivity index (χ3n) is 4.40. The van der Waals surface area contributed by atoms with E-state index in [0.717, 1.165) is 25.0 Å². The summed E-state index contributed by atoms with van der Waals surface area (Å²) >= 11 is 0. The molecule has 0 N–H and O–H groups in total. The molecule has 1 aliphatic rings. The summed E-state index contributed by atoms with van der Waals surface area (Å²) in [7, 11) is 1.71. The van der Waals surface area contributed by atoms with Crippen molar-refractivity contribution in [3.8, 4) is 0 Å².